The maximum atomic E-state index is 12.5. The third kappa shape index (κ3) is 2.03. The van der Waals surface area contributed by atoms with Crippen LogP contribution >= 0.6 is 0 Å². The number of nitrogens with two attached hydrogens (primary N) is 1. The number of imide groups is 1. The van der Waals surface area contributed by atoms with Gasteiger partial charge in [-0.1, -0.05) is 0 Å². The fourth-order valence-corrected chi connectivity index (χ4v) is 3.39. The molecule has 0 spiro atoms. The third-order valence-corrected chi connectivity index (χ3v) is 4.66. The Labute approximate surface area is 147 Å². The highest BCUT2D eigenvalue weighted by Gasteiger charge is 2.32. The van der Waals surface area contributed by atoms with E-state index in [1.807, 2.05) is 0 Å². The number of urea groups is 1. The minimum Gasteiger partial charge on any atom is -0.384 e. The molecule has 9 heteroatoms. The predicted molar refractivity (Wildman–Crippen MR) is 93.5 cm³/mol. The number of rotatable bonds is 1. The van der Waals surface area contributed by atoms with E-state index in [0.717, 1.165) is 17.3 Å². The Morgan fingerprint density at radius 2 is 1.77 bits per heavy atom. The second-order valence-electron chi connectivity index (χ2n) is 6.29. The number of hydrogen-bond acceptors (Lipinski definition) is 5. The number of anilines is 2. The zero-order chi connectivity index (χ0) is 18.7. The summed E-state index contributed by atoms with van der Waals surface area (Å²) in [6.45, 7) is 0.380. The van der Waals surface area contributed by atoms with E-state index in [4.69, 9.17) is 5.73 Å². The first kappa shape index (κ1) is 15.9. The number of aromatic nitrogens is 1. The largest absolute Gasteiger partial charge is 0.384 e. The molecule has 0 saturated carbocycles. The standard InChI is InChI=1S/C17H15N5O4/c1-20-7-8-5-9(3-4-11(8)21(2)17(20)26)22-12(23)6-10-13(14(22)18)16(25)19-15(10)24/h3-6H,7,18H2,1-2H3,(H,19,24,25). The van der Waals surface area contributed by atoms with Crippen molar-refractivity contribution in [2.24, 2.45) is 0 Å². The van der Waals surface area contributed by atoms with Crippen LogP contribution in [0.5, 0.6) is 0 Å². The smallest absolute Gasteiger partial charge is 0.324 e. The summed E-state index contributed by atoms with van der Waals surface area (Å²) >= 11 is 0. The molecule has 0 saturated heterocycles. The number of carbonyl (C=O) groups excluding carboxylic acids is 3. The molecule has 26 heavy (non-hydrogen) atoms. The van der Waals surface area contributed by atoms with E-state index in [-0.39, 0.29) is 23.0 Å². The van der Waals surface area contributed by atoms with Gasteiger partial charge in [0.25, 0.3) is 17.4 Å². The van der Waals surface area contributed by atoms with Gasteiger partial charge in [0.15, 0.2) is 0 Å². The summed E-state index contributed by atoms with van der Waals surface area (Å²) in [6.07, 6.45) is 0. The first-order valence-corrected chi connectivity index (χ1v) is 7.83. The van der Waals surface area contributed by atoms with Gasteiger partial charge in [0.1, 0.15) is 5.82 Å². The van der Waals surface area contributed by atoms with Crippen molar-refractivity contribution in [2.45, 2.75) is 6.54 Å². The molecule has 0 unspecified atom stereocenters. The van der Waals surface area contributed by atoms with Crippen LogP contribution in [0.15, 0.2) is 29.1 Å². The number of pyridine rings is 1. The Hall–Kier alpha value is -3.62. The Morgan fingerprint density at radius 3 is 2.50 bits per heavy atom. The van der Waals surface area contributed by atoms with Crippen molar-refractivity contribution in [1.29, 1.82) is 0 Å². The van der Waals surface area contributed by atoms with Crippen molar-refractivity contribution >= 4 is 29.4 Å². The number of nitrogens with zero attached hydrogens (tertiary/aromatic N) is 3. The third-order valence-electron chi connectivity index (χ3n) is 4.66. The number of fused-ring (bicyclic) bond motifs is 2. The minimum atomic E-state index is -0.631. The van der Waals surface area contributed by atoms with E-state index in [9.17, 15) is 19.2 Å². The van der Waals surface area contributed by atoms with Crippen molar-refractivity contribution in [2.75, 3.05) is 24.7 Å². The van der Waals surface area contributed by atoms with Gasteiger partial charge in [0.05, 0.1) is 22.5 Å². The zero-order valence-corrected chi connectivity index (χ0v) is 14.1. The van der Waals surface area contributed by atoms with Crippen molar-refractivity contribution < 1.29 is 14.4 Å². The van der Waals surface area contributed by atoms with E-state index in [1.54, 1.807) is 37.2 Å². The van der Waals surface area contributed by atoms with E-state index in [0.29, 0.717) is 12.2 Å². The quantitative estimate of drug-likeness (QED) is 0.715. The number of nitrogen functional groups attached to an aromatic ring is 1. The first-order valence-electron chi connectivity index (χ1n) is 7.83. The monoisotopic (exact) mass is 353 g/mol. The molecular weight excluding hydrogens is 338 g/mol. The Kier molecular flexibility index (Phi) is 3.17. The lowest BCUT2D eigenvalue weighted by atomic mass is 10.1. The predicted octanol–water partition coefficient (Wildman–Crippen LogP) is 0.305. The lowest BCUT2D eigenvalue weighted by Crippen LogP contribution is -2.42. The fraction of sp³-hybridized carbons (Fsp3) is 0.176. The summed E-state index contributed by atoms with van der Waals surface area (Å²) in [5, 5.41) is 2.13. The number of hydrogen-bond donors (Lipinski definition) is 2. The number of amides is 4. The average molecular weight is 353 g/mol. The second kappa shape index (κ2) is 5.19. The molecule has 2 aromatic rings. The van der Waals surface area contributed by atoms with Crippen molar-refractivity contribution in [3.63, 3.8) is 0 Å². The lowest BCUT2D eigenvalue weighted by molar-refractivity contribution is 0.0880. The maximum Gasteiger partial charge on any atom is 0.324 e. The van der Waals surface area contributed by atoms with Crippen molar-refractivity contribution in [3.05, 3.63) is 51.3 Å². The van der Waals surface area contributed by atoms with Crippen LogP contribution in [0.4, 0.5) is 16.3 Å². The highest BCUT2D eigenvalue weighted by atomic mass is 16.2. The molecule has 0 fully saturated rings. The molecule has 0 radical (unpaired) electrons. The molecule has 2 aliphatic rings. The van der Waals surface area contributed by atoms with Gasteiger partial charge in [0.2, 0.25) is 0 Å². The SMILES string of the molecule is CN1Cc2cc(-n3c(N)c4c(cc3=O)C(=O)NC4=O)ccc2N(C)C1=O. The van der Waals surface area contributed by atoms with Gasteiger partial charge in [-0.15, -0.1) is 0 Å². The maximum absolute atomic E-state index is 12.5. The molecule has 9 nitrogen and oxygen atoms in total. The van der Waals surface area contributed by atoms with E-state index in [1.165, 1.54) is 9.47 Å². The molecule has 4 rings (SSSR count). The summed E-state index contributed by atoms with van der Waals surface area (Å²) in [7, 11) is 3.35. The van der Waals surface area contributed by atoms with Crippen LogP contribution in [0.3, 0.4) is 0 Å². The molecular formula is C17H15N5O4. The topological polar surface area (TPSA) is 118 Å². The van der Waals surface area contributed by atoms with Crippen LogP contribution in [0.1, 0.15) is 26.3 Å². The molecule has 0 atom stereocenters. The van der Waals surface area contributed by atoms with Crippen molar-refractivity contribution in [1.82, 2.24) is 14.8 Å². The van der Waals surface area contributed by atoms with Crippen LogP contribution < -0.4 is 21.5 Å². The molecule has 1 aromatic carbocycles. The number of benzene rings is 1. The average Bonchev–Trinajstić information content (AvgIpc) is 2.86. The molecule has 3 heterocycles. The van der Waals surface area contributed by atoms with Gasteiger partial charge in [-0.25, -0.2) is 4.79 Å². The molecule has 132 valence electrons. The van der Waals surface area contributed by atoms with E-state index in [2.05, 4.69) is 5.32 Å². The number of carbonyl (C=O) groups is 3. The van der Waals surface area contributed by atoms with Crippen LogP contribution in [0, 0.1) is 0 Å². The molecule has 3 N–H and O–H groups in total. The van der Waals surface area contributed by atoms with Gasteiger partial charge >= 0.3 is 6.03 Å². The summed E-state index contributed by atoms with van der Waals surface area (Å²) in [4.78, 5) is 51.3. The van der Waals surface area contributed by atoms with Gasteiger partial charge in [-0.05, 0) is 23.8 Å². The van der Waals surface area contributed by atoms with Crippen LogP contribution in [-0.4, -0.2) is 41.4 Å². The van der Waals surface area contributed by atoms with E-state index < -0.39 is 17.4 Å². The molecule has 0 bridgehead atoms. The summed E-state index contributed by atoms with van der Waals surface area (Å²) < 4.78 is 1.19. The molecule has 0 aliphatic carbocycles. The summed E-state index contributed by atoms with van der Waals surface area (Å²) in [6, 6.07) is 6.09. The van der Waals surface area contributed by atoms with Gasteiger partial charge in [-0.2, -0.15) is 0 Å². The highest BCUT2D eigenvalue weighted by Crippen LogP contribution is 2.30. The minimum absolute atomic E-state index is 0.00302. The summed E-state index contributed by atoms with van der Waals surface area (Å²) in [5.41, 5.74) is 7.54. The van der Waals surface area contributed by atoms with Gasteiger partial charge < -0.3 is 10.6 Å². The van der Waals surface area contributed by atoms with Gasteiger partial charge in [0, 0.05) is 26.7 Å². The fourth-order valence-electron chi connectivity index (χ4n) is 3.39. The normalized spacial score (nSPS) is 15.8. The van der Waals surface area contributed by atoms with Crippen LogP contribution in [0.2, 0.25) is 0 Å². The molecule has 4 amide bonds. The highest BCUT2D eigenvalue weighted by molar-refractivity contribution is 6.23. The number of nitrogens with one attached hydrogen (secondary N) is 1. The van der Waals surface area contributed by atoms with E-state index >= 15 is 0 Å². The molecule has 2 aliphatic heterocycles. The lowest BCUT2D eigenvalue weighted by Gasteiger charge is -2.33. The zero-order valence-electron chi connectivity index (χ0n) is 14.1. The Balaban J connectivity index is 1.91. The van der Waals surface area contributed by atoms with Crippen LogP contribution in [0.25, 0.3) is 5.69 Å². The summed E-state index contributed by atoms with van der Waals surface area (Å²) in [5.74, 6) is -1.35. The van der Waals surface area contributed by atoms with Crippen LogP contribution in [-0.2, 0) is 6.54 Å². The second-order valence-corrected chi connectivity index (χ2v) is 6.29. The molecule has 1 aromatic heterocycles. The first-order chi connectivity index (χ1) is 12.3. The Bertz CT molecular complexity index is 1070. The Morgan fingerprint density at radius 1 is 1.04 bits per heavy atom. The van der Waals surface area contributed by atoms with Gasteiger partial charge in [-0.3, -0.25) is 29.2 Å². The van der Waals surface area contributed by atoms with Crippen molar-refractivity contribution in [3.8, 4) is 5.69 Å².